The Kier molecular flexibility index (Phi) is 21.7. The minimum atomic E-state index is 0. The zero-order chi connectivity index (χ0) is 25.2. The molecule has 0 amide bonds. The van der Waals surface area contributed by atoms with Gasteiger partial charge in [-0.15, -0.1) is 22.1 Å². The zero-order valence-electron chi connectivity index (χ0n) is 24.2. The molecule has 0 saturated carbocycles. The minimum absolute atomic E-state index is 0. The average Bonchev–Trinajstić information content (AvgIpc) is 2.73. The van der Waals surface area contributed by atoms with Crippen LogP contribution in [0.4, 0.5) is 0 Å². The predicted molar refractivity (Wildman–Crippen MR) is 142 cm³/mol. The maximum absolute atomic E-state index is 4.64. The fraction of sp³-hybridized carbons (Fsp3) is 0.467. The normalized spacial score (nSPS) is 9.24. The molecule has 0 unspecified atom stereocenters. The van der Waals surface area contributed by atoms with E-state index in [0.717, 1.165) is 22.5 Å². The third-order valence-electron chi connectivity index (χ3n) is 5.86. The van der Waals surface area contributed by atoms with E-state index in [9.17, 15) is 0 Å². The molecule has 0 aliphatic carbocycles. The van der Waals surface area contributed by atoms with Crippen LogP contribution in [-0.2, 0) is 65.4 Å². The molecule has 3 aromatic rings. The molecule has 0 saturated heterocycles. The van der Waals surface area contributed by atoms with Gasteiger partial charge in [-0.25, -0.2) is 0 Å². The summed E-state index contributed by atoms with van der Waals surface area (Å²) >= 11 is 0. The molecule has 0 spiro atoms. The first kappa shape index (κ1) is 38.5. The molecule has 0 fully saturated rings. The average molecular weight is 611 g/mol. The van der Waals surface area contributed by atoms with E-state index < -0.39 is 0 Å². The molecule has 4 heteroatoms. The topological polar surface area (TPSA) is 25.8 Å². The SMILES string of the molecule is C[CH-]C.C[CH-]C.Cc1[c-]c2nc(C)c(C)c(C)c2c(C)c1C.Cc1[c-]nc(C)c(C)c1C.[Y].[Y]. The standard InChI is InChI=1S/C15H18N.C9H12N.2C3H7.2Y/c1-8-7-14-15(11(4)9(8)2)12(5)10(3)13(6)16-14;1-6-5-10-9(4)8(3)7(6)2;2*1-3-2;;/h1-6H3;1-4H3;2*3H,1-2H3;;/q4*-1;;. The van der Waals surface area contributed by atoms with Crippen LogP contribution in [0, 0.1) is 94.3 Å². The van der Waals surface area contributed by atoms with Gasteiger partial charge in [0.2, 0.25) is 0 Å². The molecule has 0 aliphatic rings. The Hall–Kier alpha value is -0.0122. The monoisotopic (exact) mass is 610 g/mol. The third-order valence-corrected chi connectivity index (χ3v) is 5.86. The van der Waals surface area contributed by atoms with Gasteiger partial charge < -0.3 is 17.8 Å². The summed E-state index contributed by atoms with van der Waals surface area (Å²) in [6, 6.07) is 3.40. The van der Waals surface area contributed by atoms with Crippen molar-refractivity contribution < 1.29 is 65.4 Å². The molecule has 1 aromatic carbocycles. The van der Waals surface area contributed by atoms with E-state index in [1.165, 1.54) is 44.3 Å². The molecular formula is C30H44N2Y2-4. The van der Waals surface area contributed by atoms with Gasteiger partial charge in [0, 0.05) is 71.1 Å². The molecule has 184 valence electrons. The molecule has 3 rings (SSSR count). The van der Waals surface area contributed by atoms with Crippen molar-refractivity contribution in [1.29, 1.82) is 0 Å². The van der Waals surface area contributed by atoms with E-state index in [4.69, 9.17) is 0 Å². The number of pyridine rings is 2. The molecule has 2 nitrogen and oxygen atoms in total. The smallest absolute Gasteiger partial charge is 0.0375 e. The minimum Gasteiger partial charge on any atom is -0.391 e. The summed E-state index contributed by atoms with van der Waals surface area (Å²) in [5.74, 6) is 0. The van der Waals surface area contributed by atoms with E-state index in [0.29, 0.717) is 0 Å². The van der Waals surface area contributed by atoms with Crippen LogP contribution in [0.5, 0.6) is 0 Å². The third kappa shape index (κ3) is 10.9. The van der Waals surface area contributed by atoms with E-state index in [2.05, 4.69) is 77.6 Å². The van der Waals surface area contributed by atoms with Crippen molar-refractivity contribution in [2.45, 2.75) is 96.9 Å². The quantitative estimate of drug-likeness (QED) is 0.239. The first-order valence-electron chi connectivity index (χ1n) is 11.5. The number of rotatable bonds is 0. The van der Waals surface area contributed by atoms with Crippen LogP contribution in [0.15, 0.2) is 0 Å². The Balaban J connectivity index is -0.000000462. The van der Waals surface area contributed by atoms with Crippen molar-refractivity contribution in [3.05, 3.63) is 81.0 Å². The van der Waals surface area contributed by atoms with Crippen molar-refractivity contribution in [1.82, 2.24) is 9.97 Å². The van der Waals surface area contributed by atoms with Crippen LogP contribution in [0.25, 0.3) is 10.9 Å². The molecule has 2 heterocycles. The van der Waals surface area contributed by atoms with Crippen molar-refractivity contribution in [2.24, 2.45) is 0 Å². The Morgan fingerprint density at radius 3 is 1.35 bits per heavy atom. The van der Waals surface area contributed by atoms with Crippen LogP contribution in [-0.4, -0.2) is 9.97 Å². The summed E-state index contributed by atoms with van der Waals surface area (Å²) in [5, 5.41) is 1.28. The summed E-state index contributed by atoms with van der Waals surface area (Å²) in [7, 11) is 0. The van der Waals surface area contributed by atoms with Gasteiger partial charge in [-0.1, -0.05) is 72.8 Å². The maximum Gasteiger partial charge on any atom is 0.0375 e. The number of hydrogen-bond acceptors (Lipinski definition) is 2. The first-order chi connectivity index (χ1) is 14.9. The first-order valence-corrected chi connectivity index (χ1v) is 11.5. The van der Waals surface area contributed by atoms with E-state index in [1.807, 2.05) is 54.4 Å². The van der Waals surface area contributed by atoms with Gasteiger partial charge >= 0.3 is 0 Å². The van der Waals surface area contributed by atoms with Crippen molar-refractivity contribution in [3.8, 4) is 0 Å². The number of aryl methyl sites for hydroxylation is 6. The largest absolute Gasteiger partial charge is 0.391 e. The Morgan fingerprint density at radius 2 is 0.912 bits per heavy atom. The van der Waals surface area contributed by atoms with Crippen LogP contribution >= 0.6 is 0 Å². The molecule has 2 aromatic heterocycles. The second-order valence-corrected chi connectivity index (χ2v) is 8.51. The Bertz CT molecular complexity index is 947. The van der Waals surface area contributed by atoms with Gasteiger partial charge in [0.1, 0.15) is 0 Å². The molecular weight excluding hydrogens is 566 g/mol. The van der Waals surface area contributed by atoms with Gasteiger partial charge in [-0.3, -0.25) is 4.98 Å². The van der Waals surface area contributed by atoms with E-state index >= 15 is 0 Å². The summed E-state index contributed by atoms with van der Waals surface area (Å²) in [4.78, 5) is 8.76. The second-order valence-electron chi connectivity index (χ2n) is 8.51. The summed E-state index contributed by atoms with van der Waals surface area (Å²) < 4.78 is 0. The van der Waals surface area contributed by atoms with Crippen LogP contribution in [0.3, 0.4) is 0 Å². The van der Waals surface area contributed by atoms with Gasteiger partial charge in [0.05, 0.1) is 0 Å². The molecule has 0 bridgehead atoms. The van der Waals surface area contributed by atoms with Gasteiger partial charge in [-0.2, -0.15) is 50.5 Å². The molecule has 34 heavy (non-hydrogen) atoms. The van der Waals surface area contributed by atoms with Crippen molar-refractivity contribution in [3.63, 3.8) is 0 Å². The van der Waals surface area contributed by atoms with Crippen LogP contribution in [0.1, 0.15) is 83.6 Å². The van der Waals surface area contributed by atoms with E-state index in [-0.39, 0.29) is 65.4 Å². The zero-order valence-corrected chi connectivity index (χ0v) is 29.9. The number of hydrogen-bond donors (Lipinski definition) is 0. The Labute approximate surface area is 261 Å². The number of nitrogens with zero attached hydrogens (tertiary/aromatic N) is 2. The fourth-order valence-corrected chi connectivity index (χ4v) is 3.12. The van der Waals surface area contributed by atoms with Crippen LogP contribution < -0.4 is 0 Å². The number of aromatic nitrogens is 2. The van der Waals surface area contributed by atoms with Crippen molar-refractivity contribution >= 4 is 10.9 Å². The molecule has 0 atom stereocenters. The van der Waals surface area contributed by atoms with Crippen molar-refractivity contribution in [2.75, 3.05) is 0 Å². The summed E-state index contributed by atoms with van der Waals surface area (Å²) in [6.07, 6.45) is 6.96. The van der Waals surface area contributed by atoms with Gasteiger partial charge in [-0.05, 0) is 24.9 Å². The summed E-state index contributed by atoms with van der Waals surface area (Å²) in [6.45, 7) is 29.1. The molecule has 0 aliphatic heterocycles. The molecule has 2 radical (unpaired) electrons. The summed E-state index contributed by atoms with van der Waals surface area (Å²) in [5.41, 5.74) is 13.5. The van der Waals surface area contributed by atoms with Gasteiger partial charge in [0.15, 0.2) is 0 Å². The molecule has 0 N–H and O–H groups in total. The second kappa shape index (κ2) is 19.1. The Morgan fingerprint density at radius 1 is 0.529 bits per heavy atom. The number of fused-ring (bicyclic) bond motifs is 1. The van der Waals surface area contributed by atoms with Crippen LogP contribution in [0.2, 0.25) is 0 Å². The number of benzene rings is 1. The maximum atomic E-state index is 4.64. The van der Waals surface area contributed by atoms with Gasteiger partial charge in [0.25, 0.3) is 0 Å². The van der Waals surface area contributed by atoms with E-state index in [1.54, 1.807) is 0 Å². The fourth-order valence-electron chi connectivity index (χ4n) is 3.12. The predicted octanol–water partition coefficient (Wildman–Crippen LogP) is 8.46.